The lowest BCUT2D eigenvalue weighted by Gasteiger charge is -2.08. The van der Waals surface area contributed by atoms with E-state index in [0.717, 1.165) is 29.0 Å². The van der Waals surface area contributed by atoms with E-state index in [4.69, 9.17) is 0 Å². The molecule has 0 spiro atoms. The van der Waals surface area contributed by atoms with Crippen LogP contribution in [0.25, 0.3) is 10.8 Å². The minimum absolute atomic E-state index is 0.896. The summed E-state index contributed by atoms with van der Waals surface area (Å²) >= 11 is 0. The number of hydrogen-bond donors (Lipinski definition) is 0. The smallest absolute Gasteiger partial charge is 0.150 e. The maximum atomic E-state index is 11.6. The highest BCUT2D eigenvalue weighted by atomic mass is 16.1. The van der Waals surface area contributed by atoms with Crippen LogP contribution in [-0.2, 0) is 6.42 Å². The molecule has 0 saturated heterocycles. The first kappa shape index (κ1) is 22.7. The van der Waals surface area contributed by atoms with Gasteiger partial charge in [0.2, 0.25) is 0 Å². The summed E-state index contributed by atoms with van der Waals surface area (Å²) in [5.41, 5.74) is 2.11. The molecule has 0 aliphatic rings. The lowest BCUT2D eigenvalue weighted by molar-refractivity contribution is 0.112. The van der Waals surface area contributed by atoms with Gasteiger partial charge in [0.1, 0.15) is 0 Å². The van der Waals surface area contributed by atoms with Crippen molar-refractivity contribution < 1.29 is 4.79 Å². The van der Waals surface area contributed by atoms with Gasteiger partial charge in [-0.05, 0) is 29.2 Å². The Balaban J connectivity index is 1.51. The third kappa shape index (κ3) is 8.17. The van der Waals surface area contributed by atoms with Crippen LogP contribution >= 0.6 is 0 Å². The van der Waals surface area contributed by atoms with Crippen LogP contribution < -0.4 is 0 Å². The first-order chi connectivity index (χ1) is 13.9. The van der Waals surface area contributed by atoms with Crippen LogP contribution in [0.3, 0.4) is 0 Å². The summed E-state index contributed by atoms with van der Waals surface area (Å²) < 4.78 is 0. The quantitative estimate of drug-likeness (QED) is 0.210. The monoisotopic (exact) mass is 380 g/mol. The third-order valence-electron chi connectivity index (χ3n) is 5.98. The lowest BCUT2D eigenvalue weighted by atomic mass is 9.96. The maximum Gasteiger partial charge on any atom is 0.150 e. The second kappa shape index (κ2) is 14.4. The van der Waals surface area contributed by atoms with Gasteiger partial charge in [0, 0.05) is 5.56 Å². The van der Waals surface area contributed by atoms with Crippen molar-refractivity contribution in [1.82, 2.24) is 0 Å². The summed E-state index contributed by atoms with van der Waals surface area (Å²) in [5, 5.41) is 2.26. The van der Waals surface area contributed by atoms with Crippen LogP contribution in [0.4, 0.5) is 0 Å². The minimum Gasteiger partial charge on any atom is -0.298 e. The summed E-state index contributed by atoms with van der Waals surface area (Å²) in [7, 11) is 0. The first-order valence-electron chi connectivity index (χ1n) is 11.8. The van der Waals surface area contributed by atoms with Crippen molar-refractivity contribution in [3.05, 3.63) is 47.5 Å². The topological polar surface area (TPSA) is 17.1 Å². The Morgan fingerprint density at radius 3 is 1.75 bits per heavy atom. The molecule has 28 heavy (non-hydrogen) atoms. The molecule has 0 amide bonds. The van der Waals surface area contributed by atoms with Crippen molar-refractivity contribution in [2.75, 3.05) is 0 Å². The molecule has 0 aromatic heterocycles. The van der Waals surface area contributed by atoms with Crippen LogP contribution in [0.2, 0.25) is 0 Å². The summed E-state index contributed by atoms with van der Waals surface area (Å²) in [5.74, 6) is 0. The van der Waals surface area contributed by atoms with Gasteiger partial charge in [-0.2, -0.15) is 0 Å². The molecule has 0 bridgehead atoms. The Labute approximate surface area is 172 Å². The van der Waals surface area contributed by atoms with Crippen molar-refractivity contribution in [1.29, 1.82) is 0 Å². The zero-order valence-corrected chi connectivity index (χ0v) is 18.1. The van der Waals surface area contributed by atoms with E-state index in [2.05, 4.69) is 31.2 Å². The maximum absolute atomic E-state index is 11.6. The van der Waals surface area contributed by atoms with E-state index < -0.39 is 0 Å². The Hall–Kier alpha value is -1.63. The molecule has 1 nitrogen and oxygen atoms in total. The number of aldehydes is 1. The van der Waals surface area contributed by atoms with Gasteiger partial charge in [-0.25, -0.2) is 0 Å². The summed E-state index contributed by atoms with van der Waals surface area (Å²) in [4.78, 5) is 11.6. The highest BCUT2D eigenvalue weighted by Gasteiger charge is 2.06. The van der Waals surface area contributed by atoms with Crippen molar-refractivity contribution in [3.8, 4) is 0 Å². The van der Waals surface area contributed by atoms with Crippen LogP contribution in [0.1, 0.15) is 113 Å². The van der Waals surface area contributed by atoms with Gasteiger partial charge in [-0.15, -0.1) is 0 Å². The molecule has 2 aromatic carbocycles. The predicted molar refractivity (Wildman–Crippen MR) is 123 cm³/mol. The predicted octanol–water partition coefficient (Wildman–Crippen LogP) is 8.68. The molecule has 0 fully saturated rings. The summed E-state index contributed by atoms with van der Waals surface area (Å²) in [6, 6.07) is 12.5. The van der Waals surface area contributed by atoms with Crippen LogP contribution in [0, 0.1) is 0 Å². The fraction of sp³-hybridized carbons (Fsp3) is 0.593. The van der Waals surface area contributed by atoms with Crippen LogP contribution in [-0.4, -0.2) is 6.29 Å². The van der Waals surface area contributed by atoms with Crippen molar-refractivity contribution in [3.63, 3.8) is 0 Å². The average Bonchev–Trinajstić information content (AvgIpc) is 2.73. The van der Waals surface area contributed by atoms with Gasteiger partial charge in [0.05, 0.1) is 0 Å². The van der Waals surface area contributed by atoms with E-state index in [9.17, 15) is 4.79 Å². The van der Waals surface area contributed by atoms with E-state index in [1.807, 2.05) is 12.1 Å². The zero-order valence-electron chi connectivity index (χ0n) is 18.1. The summed E-state index contributed by atoms with van der Waals surface area (Å²) in [6.45, 7) is 2.28. The Kier molecular flexibility index (Phi) is 11.6. The zero-order chi connectivity index (χ0) is 19.9. The lowest BCUT2D eigenvalue weighted by Crippen LogP contribution is -1.95. The highest BCUT2D eigenvalue weighted by Crippen LogP contribution is 2.23. The average molecular weight is 381 g/mol. The van der Waals surface area contributed by atoms with E-state index in [0.29, 0.717) is 0 Å². The fourth-order valence-corrected chi connectivity index (χ4v) is 4.21. The molecule has 0 aliphatic heterocycles. The Bertz CT molecular complexity index is 673. The van der Waals surface area contributed by atoms with Crippen LogP contribution in [0.15, 0.2) is 36.4 Å². The van der Waals surface area contributed by atoms with Crippen LogP contribution in [0.5, 0.6) is 0 Å². The second-order valence-electron chi connectivity index (χ2n) is 8.32. The standard InChI is InChI=1S/C27H40O/c1-2-3-4-5-6-7-8-9-10-11-12-13-14-15-18-25-22-21-24-19-16-17-20-26(24)27(25)23-28/h16-17,19-23H,2-15,18H2,1H3. The number of hydrogen-bond acceptors (Lipinski definition) is 1. The molecule has 1 heteroatoms. The van der Waals surface area contributed by atoms with E-state index in [-0.39, 0.29) is 0 Å². The molecule has 0 aliphatic carbocycles. The molecule has 0 heterocycles. The number of rotatable bonds is 16. The van der Waals surface area contributed by atoms with E-state index in [1.165, 1.54) is 95.5 Å². The number of carbonyl (C=O) groups is 1. The van der Waals surface area contributed by atoms with E-state index >= 15 is 0 Å². The third-order valence-corrected chi connectivity index (χ3v) is 5.98. The number of benzene rings is 2. The SMILES string of the molecule is CCCCCCCCCCCCCCCCc1ccc2ccccc2c1C=O. The molecule has 0 radical (unpaired) electrons. The van der Waals surface area contributed by atoms with Gasteiger partial charge >= 0.3 is 0 Å². The molecule has 2 rings (SSSR count). The molecule has 2 aromatic rings. The number of fused-ring (bicyclic) bond motifs is 1. The molecular weight excluding hydrogens is 340 g/mol. The van der Waals surface area contributed by atoms with Crippen molar-refractivity contribution >= 4 is 17.1 Å². The molecular formula is C27H40O. The Morgan fingerprint density at radius 2 is 1.18 bits per heavy atom. The highest BCUT2D eigenvalue weighted by molar-refractivity contribution is 5.99. The molecule has 0 N–H and O–H groups in total. The first-order valence-corrected chi connectivity index (χ1v) is 11.8. The molecule has 0 atom stereocenters. The van der Waals surface area contributed by atoms with E-state index in [1.54, 1.807) is 0 Å². The van der Waals surface area contributed by atoms with Gasteiger partial charge < -0.3 is 0 Å². The summed E-state index contributed by atoms with van der Waals surface area (Å²) in [6.07, 6.45) is 21.4. The van der Waals surface area contributed by atoms with Crippen molar-refractivity contribution in [2.24, 2.45) is 0 Å². The fourth-order valence-electron chi connectivity index (χ4n) is 4.21. The van der Waals surface area contributed by atoms with Gasteiger partial charge in [-0.3, -0.25) is 4.79 Å². The van der Waals surface area contributed by atoms with Gasteiger partial charge in [-0.1, -0.05) is 127 Å². The second-order valence-corrected chi connectivity index (χ2v) is 8.32. The normalized spacial score (nSPS) is 11.2. The Morgan fingerprint density at radius 1 is 0.643 bits per heavy atom. The number of unbranched alkanes of at least 4 members (excludes halogenated alkanes) is 13. The molecule has 154 valence electrons. The largest absolute Gasteiger partial charge is 0.298 e. The minimum atomic E-state index is 0.896. The molecule has 0 unspecified atom stereocenters. The van der Waals surface area contributed by atoms with Crippen molar-refractivity contribution in [2.45, 2.75) is 103 Å². The van der Waals surface area contributed by atoms with Gasteiger partial charge in [0.25, 0.3) is 0 Å². The number of aryl methyl sites for hydroxylation is 1. The van der Waals surface area contributed by atoms with Gasteiger partial charge in [0.15, 0.2) is 6.29 Å². The number of carbonyl (C=O) groups excluding carboxylic acids is 1. The molecule has 0 saturated carbocycles.